The summed E-state index contributed by atoms with van der Waals surface area (Å²) in [6.07, 6.45) is 0. The van der Waals surface area contributed by atoms with Gasteiger partial charge in [0.1, 0.15) is 5.75 Å². The van der Waals surface area contributed by atoms with Gasteiger partial charge in [0.25, 0.3) is 5.24 Å². The Hall–Kier alpha value is 1.17. The van der Waals surface area contributed by atoms with E-state index in [9.17, 15) is 4.79 Å². The van der Waals surface area contributed by atoms with Gasteiger partial charge in [-0.1, -0.05) is 0 Å². The fourth-order valence-electron chi connectivity index (χ4n) is 1.11. The quantitative estimate of drug-likeness (QED) is 0.400. The van der Waals surface area contributed by atoms with E-state index in [0.29, 0.717) is 5.56 Å². The highest BCUT2D eigenvalue weighted by molar-refractivity contribution is 14.1. The van der Waals surface area contributed by atoms with Crippen LogP contribution in [0.2, 0.25) is 0 Å². The second-order valence-corrected chi connectivity index (χ2v) is 6.33. The van der Waals surface area contributed by atoms with E-state index in [1.807, 2.05) is 6.92 Å². The van der Waals surface area contributed by atoms with Gasteiger partial charge in [0.15, 0.2) is 0 Å². The summed E-state index contributed by atoms with van der Waals surface area (Å²) in [6, 6.07) is 0. The van der Waals surface area contributed by atoms with E-state index in [0.717, 1.165) is 22.0 Å². The lowest BCUT2D eigenvalue weighted by Gasteiger charge is -2.14. The van der Waals surface area contributed by atoms with Crippen LogP contribution in [0.25, 0.3) is 0 Å². The fraction of sp³-hybridized carbons (Fsp3) is 0.222. The number of halogens is 4. The molecule has 82 valence electrons. The second-order valence-electron chi connectivity index (χ2n) is 2.75. The molecule has 0 spiro atoms. The Bertz CT molecular complexity index is 432. The molecule has 0 aromatic heterocycles. The first kappa shape index (κ1) is 14.2. The van der Waals surface area contributed by atoms with Crippen molar-refractivity contribution in [2.45, 2.75) is 6.92 Å². The zero-order valence-corrected chi connectivity index (χ0v) is 15.1. The Balaban J connectivity index is 3.68. The molecule has 15 heavy (non-hydrogen) atoms. The molecule has 1 rings (SSSR count). The third kappa shape index (κ3) is 2.71. The molecule has 0 unspecified atom stereocenters. The van der Waals surface area contributed by atoms with Crippen LogP contribution in [0.1, 0.15) is 15.9 Å². The van der Waals surface area contributed by atoms with Gasteiger partial charge in [-0.3, -0.25) is 4.79 Å². The van der Waals surface area contributed by atoms with Crippen LogP contribution >= 0.6 is 79.4 Å². The molecule has 6 heteroatoms. The highest BCUT2D eigenvalue weighted by atomic mass is 127. The number of carbonyl (C=O) groups is 1. The van der Waals surface area contributed by atoms with Crippen LogP contribution in [-0.2, 0) is 0 Å². The van der Waals surface area contributed by atoms with Crippen molar-refractivity contribution in [1.29, 1.82) is 0 Å². The van der Waals surface area contributed by atoms with Crippen LogP contribution in [0.3, 0.4) is 0 Å². The molecule has 0 saturated carbocycles. The molecule has 2 nitrogen and oxygen atoms in total. The Kier molecular flexibility index (Phi) is 5.38. The minimum atomic E-state index is -0.443. The normalized spacial score (nSPS) is 10.3. The monoisotopic (exact) mass is 562 g/mol. The molecule has 0 aliphatic heterocycles. The summed E-state index contributed by atoms with van der Waals surface area (Å²) in [4.78, 5) is 11.3. The molecule has 0 fully saturated rings. The predicted octanol–water partition coefficient (Wildman–Crippen LogP) is 4.20. The Morgan fingerprint density at radius 3 is 2.13 bits per heavy atom. The van der Waals surface area contributed by atoms with E-state index < -0.39 is 5.24 Å². The van der Waals surface area contributed by atoms with Crippen molar-refractivity contribution in [2.75, 3.05) is 7.11 Å². The smallest absolute Gasteiger partial charge is 0.254 e. The van der Waals surface area contributed by atoms with Crippen molar-refractivity contribution in [3.05, 3.63) is 21.8 Å². The number of rotatable bonds is 2. The van der Waals surface area contributed by atoms with Gasteiger partial charge in [-0.05, 0) is 91.9 Å². The zero-order valence-electron chi connectivity index (χ0n) is 7.83. The van der Waals surface area contributed by atoms with Gasteiger partial charge in [-0.15, -0.1) is 0 Å². The van der Waals surface area contributed by atoms with Crippen molar-refractivity contribution in [1.82, 2.24) is 0 Å². The number of benzene rings is 1. The summed E-state index contributed by atoms with van der Waals surface area (Å²) >= 11 is 12.0. The minimum absolute atomic E-state index is 0.443. The van der Waals surface area contributed by atoms with Gasteiger partial charge in [0, 0.05) is 3.57 Å². The van der Waals surface area contributed by atoms with Crippen LogP contribution in [0.15, 0.2) is 0 Å². The largest absolute Gasteiger partial charge is 0.494 e. The summed E-state index contributed by atoms with van der Waals surface area (Å²) in [5, 5.41) is -0.443. The number of hydrogen-bond acceptors (Lipinski definition) is 2. The topological polar surface area (TPSA) is 26.3 Å². The molecule has 1 aromatic carbocycles. The summed E-state index contributed by atoms with van der Waals surface area (Å²) in [6.45, 7) is 1.95. The van der Waals surface area contributed by atoms with Crippen LogP contribution < -0.4 is 4.74 Å². The van der Waals surface area contributed by atoms with Crippen molar-refractivity contribution in [2.24, 2.45) is 0 Å². The minimum Gasteiger partial charge on any atom is -0.494 e. The van der Waals surface area contributed by atoms with E-state index in [2.05, 4.69) is 67.8 Å². The first-order valence-corrected chi connectivity index (χ1v) is 7.44. The summed E-state index contributed by atoms with van der Waals surface area (Å²) in [7, 11) is 1.59. The Labute approximate surface area is 134 Å². The summed E-state index contributed by atoms with van der Waals surface area (Å²) in [5.74, 6) is 0.720. The van der Waals surface area contributed by atoms with Gasteiger partial charge < -0.3 is 4.74 Å². The SMILES string of the molecule is COc1c(I)c(C)c(I)c(C(=O)Cl)c1I. The number of ether oxygens (including phenoxy) is 1. The van der Waals surface area contributed by atoms with E-state index in [1.54, 1.807) is 7.11 Å². The van der Waals surface area contributed by atoms with E-state index in [4.69, 9.17) is 16.3 Å². The van der Waals surface area contributed by atoms with Gasteiger partial charge >= 0.3 is 0 Å². The summed E-state index contributed by atoms with van der Waals surface area (Å²) in [5.41, 5.74) is 1.56. The maximum atomic E-state index is 11.3. The standard InChI is InChI=1S/C9H6ClI3O2/c1-3-5(11)4(9(10)14)7(13)8(15-2)6(3)12/h1-2H3. The van der Waals surface area contributed by atoms with E-state index >= 15 is 0 Å². The lowest BCUT2D eigenvalue weighted by Crippen LogP contribution is -2.05. The average molecular weight is 562 g/mol. The van der Waals surface area contributed by atoms with Gasteiger partial charge in [-0.25, -0.2) is 0 Å². The van der Waals surface area contributed by atoms with Crippen LogP contribution in [0.5, 0.6) is 5.75 Å². The van der Waals surface area contributed by atoms with Gasteiger partial charge in [0.2, 0.25) is 0 Å². The van der Waals surface area contributed by atoms with E-state index in [-0.39, 0.29) is 0 Å². The molecule has 0 amide bonds. The number of hydrogen-bond donors (Lipinski definition) is 0. The molecule has 0 radical (unpaired) electrons. The molecule has 0 heterocycles. The van der Waals surface area contributed by atoms with Gasteiger partial charge in [-0.2, -0.15) is 0 Å². The first-order valence-electron chi connectivity index (χ1n) is 3.82. The molecular weight excluding hydrogens is 556 g/mol. The molecule has 0 N–H and O–H groups in total. The highest BCUT2D eigenvalue weighted by Crippen LogP contribution is 2.37. The van der Waals surface area contributed by atoms with Crippen molar-refractivity contribution >= 4 is 84.6 Å². The van der Waals surface area contributed by atoms with Crippen molar-refractivity contribution in [3.63, 3.8) is 0 Å². The Morgan fingerprint density at radius 2 is 1.73 bits per heavy atom. The number of carbonyl (C=O) groups excluding carboxylic acids is 1. The number of methoxy groups -OCH3 is 1. The van der Waals surface area contributed by atoms with Crippen LogP contribution in [0, 0.1) is 17.6 Å². The second kappa shape index (κ2) is 5.67. The highest BCUT2D eigenvalue weighted by Gasteiger charge is 2.21. The molecule has 0 aliphatic rings. The third-order valence-corrected chi connectivity index (χ3v) is 5.76. The van der Waals surface area contributed by atoms with Gasteiger partial charge in [0.05, 0.1) is 19.8 Å². The Morgan fingerprint density at radius 1 is 1.20 bits per heavy atom. The predicted molar refractivity (Wildman–Crippen MR) is 86.1 cm³/mol. The summed E-state index contributed by atoms with van der Waals surface area (Å²) < 4.78 is 7.96. The average Bonchev–Trinajstić information content (AvgIpc) is 2.15. The third-order valence-electron chi connectivity index (χ3n) is 1.90. The maximum Gasteiger partial charge on any atom is 0.254 e. The molecule has 0 bridgehead atoms. The molecule has 0 atom stereocenters. The zero-order chi connectivity index (χ0) is 11.7. The molecule has 1 aromatic rings. The molecular formula is C9H6ClI3O2. The lowest BCUT2D eigenvalue weighted by molar-refractivity contribution is 0.107. The first-order chi connectivity index (χ1) is 6.91. The fourth-order valence-corrected chi connectivity index (χ4v) is 5.72. The maximum absolute atomic E-state index is 11.3. The van der Waals surface area contributed by atoms with Crippen molar-refractivity contribution < 1.29 is 9.53 Å². The molecule has 0 saturated heterocycles. The molecule has 0 aliphatic carbocycles. The van der Waals surface area contributed by atoms with E-state index in [1.165, 1.54) is 0 Å². The van der Waals surface area contributed by atoms with Crippen LogP contribution in [-0.4, -0.2) is 12.4 Å². The van der Waals surface area contributed by atoms with Crippen LogP contribution in [0.4, 0.5) is 0 Å². The lowest BCUT2D eigenvalue weighted by atomic mass is 10.1. The van der Waals surface area contributed by atoms with Crippen molar-refractivity contribution in [3.8, 4) is 5.75 Å².